The van der Waals surface area contributed by atoms with E-state index in [1.807, 2.05) is 24.3 Å². The predicted octanol–water partition coefficient (Wildman–Crippen LogP) is 3.64. The Balaban J connectivity index is 1.69. The highest BCUT2D eigenvalue weighted by Gasteiger charge is 2.27. The van der Waals surface area contributed by atoms with Gasteiger partial charge < -0.3 is 15.3 Å². The highest BCUT2D eigenvalue weighted by atomic mass is 35.5. The quantitative estimate of drug-likeness (QED) is 0.620. The lowest BCUT2D eigenvalue weighted by Gasteiger charge is -2.25. The van der Waals surface area contributed by atoms with Crippen molar-refractivity contribution in [2.24, 2.45) is 5.92 Å². The van der Waals surface area contributed by atoms with Crippen LogP contribution in [0.25, 0.3) is 0 Å². The first kappa shape index (κ1) is 19.0. The lowest BCUT2D eigenvalue weighted by molar-refractivity contribution is 0.189. The van der Waals surface area contributed by atoms with Crippen LogP contribution in [-0.4, -0.2) is 35.0 Å². The van der Waals surface area contributed by atoms with Gasteiger partial charge in [-0.15, -0.1) is 0 Å². The largest absolute Gasteiger partial charge is 0.391 e. The molecule has 0 aromatic heterocycles. The monoisotopic (exact) mass is 359 g/mol. The van der Waals surface area contributed by atoms with Gasteiger partial charge >= 0.3 is 0 Å². The molecule has 6 heteroatoms. The Kier molecular flexibility index (Phi) is 7.58. The van der Waals surface area contributed by atoms with Crippen LogP contribution >= 0.6 is 19.0 Å². The number of hydrogen-bond acceptors (Lipinski definition) is 3. The van der Waals surface area contributed by atoms with Crippen LogP contribution in [0.3, 0.4) is 0 Å². The van der Waals surface area contributed by atoms with Gasteiger partial charge in [-0.1, -0.05) is 43.0 Å². The lowest BCUT2D eigenvalue weighted by Crippen LogP contribution is -2.30. The fourth-order valence-corrected chi connectivity index (χ4v) is 5.46. The third-order valence-corrected chi connectivity index (χ3v) is 6.72. The molecule has 1 unspecified atom stereocenters. The van der Waals surface area contributed by atoms with Crippen molar-refractivity contribution in [1.82, 2.24) is 5.32 Å². The predicted molar refractivity (Wildman–Crippen MR) is 95.3 cm³/mol. The molecule has 0 saturated heterocycles. The van der Waals surface area contributed by atoms with Crippen LogP contribution < -0.4 is 5.32 Å². The topological polar surface area (TPSA) is 69.6 Å². The maximum atomic E-state index is 12.3. The maximum absolute atomic E-state index is 12.3. The second kappa shape index (κ2) is 9.19. The Bertz CT molecular complexity index is 517. The van der Waals surface area contributed by atoms with Gasteiger partial charge in [-0.05, 0) is 36.5 Å². The van der Waals surface area contributed by atoms with E-state index in [-0.39, 0.29) is 6.16 Å². The van der Waals surface area contributed by atoms with E-state index < -0.39 is 13.5 Å². The van der Waals surface area contributed by atoms with Gasteiger partial charge in [0, 0.05) is 24.3 Å². The van der Waals surface area contributed by atoms with Crippen LogP contribution in [0.1, 0.15) is 37.7 Å². The number of nitrogens with one attached hydrogen (secondary N) is 1. The van der Waals surface area contributed by atoms with Gasteiger partial charge in [0.05, 0.1) is 12.3 Å². The minimum atomic E-state index is -3.24. The Morgan fingerprint density at radius 2 is 1.87 bits per heavy atom. The Hall–Kier alpha value is -0.380. The normalized spacial score (nSPS) is 20.1. The van der Waals surface area contributed by atoms with Crippen molar-refractivity contribution in [1.29, 1.82) is 0 Å². The molecule has 0 amide bonds. The Labute approximate surface area is 143 Å². The van der Waals surface area contributed by atoms with Crippen LogP contribution in [0.5, 0.6) is 0 Å². The number of aliphatic hydroxyl groups excluding tert-OH is 1. The van der Waals surface area contributed by atoms with Gasteiger partial charge in [-0.3, -0.25) is 4.57 Å². The first-order valence-electron chi connectivity index (χ1n) is 8.39. The number of hydrogen-bond donors (Lipinski definition) is 3. The van der Waals surface area contributed by atoms with E-state index in [4.69, 9.17) is 11.6 Å². The van der Waals surface area contributed by atoms with Crippen LogP contribution in [0.15, 0.2) is 24.3 Å². The summed E-state index contributed by atoms with van der Waals surface area (Å²) in [6.45, 7) is 0.921. The molecule has 0 aliphatic heterocycles. The summed E-state index contributed by atoms with van der Waals surface area (Å²) in [5, 5.41) is 13.8. The molecule has 4 nitrogen and oxygen atoms in total. The fourth-order valence-electron chi connectivity index (χ4n) is 3.23. The molecule has 130 valence electrons. The molecule has 0 radical (unpaired) electrons. The lowest BCUT2D eigenvalue weighted by atomic mass is 9.91. The summed E-state index contributed by atoms with van der Waals surface area (Å²) < 4.78 is 12.3. The van der Waals surface area contributed by atoms with Gasteiger partial charge in [-0.25, -0.2) is 0 Å². The highest BCUT2D eigenvalue weighted by Crippen LogP contribution is 2.45. The van der Waals surface area contributed by atoms with Gasteiger partial charge in [-0.2, -0.15) is 0 Å². The molecule has 0 bridgehead atoms. The summed E-state index contributed by atoms with van der Waals surface area (Å²) in [5.74, 6) is 0.355. The Morgan fingerprint density at radius 1 is 1.22 bits per heavy atom. The average molecular weight is 360 g/mol. The maximum Gasteiger partial charge on any atom is 0.203 e. The molecular weight excluding hydrogens is 333 g/mol. The zero-order chi connectivity index (χ0) is 16.7. The van der Waals surface area contributed by atoms with Gasteiger partial charge in [0.15, 0.2) is 0 Å². The van der Waals surface area contributed by atoms with Crippen LogP contribution in [0.2, 0.25) is 5.02 Å². The minimum Gasteiger partial charge on any atom is -0.391 e. The van der Waals surface area contributed by atoms with E-state index in [0.717, 1.165) is 31.2 Å². The van der Waals surface area contributed by atoms with Crippen LogP contribution in [-0.2, 0) is 11.1 Å². The third-order valence-electron chi connectivity index (χ3n) is 4.39. The number of halogens is 1. The van der Waals surface area contributed by atoms with Crippen molar-refractivity contribution in [3.05, 3.63) is 34.9 Å². The van der Waals surface area contributed by atoms with Crippen molar-refractivity contribution in [2.75, 3.05) is 18.9 Å². The molecule has 1 aliphatic rings. The summed E-state index contributed by atoms with van der Waals surface area (Å²) in [5.41, 5.74) is 1.07. The zero-order valence-electron chi connectivity index (χ0n) is 13.5. The molecule has 3 N–H and O–H groups in total. The summed E-state index contributed by atoms with van der Waals surface area (Å²) in [4.78, 5) is 10.1. The number of benzene rings is 1. The van der Waals surface area contributed by atoms with Crippen LogP contribution in [0.4, 0.5) is 0 Å². The van der Waals surface area contributed by atoms with Crippen molar-refractivity contribution in [3.8, 4) is 0 Å². The number of rotatable bonds is 8. The molecule has 1 aliphatic carbocycles. The first-order chi connectivity index (χ1) is 10.9. The molecule has 1 aromatic carbocycles. The number of aliphatic hydroxyl groups is 1. The molecule has 0 heterocycles. The molecule has 1 saturated carbocycles. The molecule has 2 atom stereocenters. The van der Waals surface area contributed by atoms with E-state index >= 15 is 0 Å². The zero-order valence-corrected chi connectivity index (χ0v) is 15.1. The second-order valence-electron chi connectivity index (χ2n) is 6.63. The molecule has 0 spiro atoms. The molecular formula is C17H27ClNO3P. The van der Waals surface area contributed by atoms with E-state index in [1.54, 1.807) is 0 Å². The molecule has 1 fully saturated rings. The van der Waals surface area contributed by atoms with Crippen molar-refractivity contribution in [2.45, 2.75) is 44.8 Å². The summed E-state index contributed by atoms with van der Waals surface area (Å²) >= 11 is 5.83. The highest BCUT2D eigenvalue weighted by molar-refractivity contribution is 7.58. The minimum absolute atomic E-state index is 0.0167. The molecule has 23 heavy (non-hydrogen) atoms. The van der Waals surface area contributed by atoms with E-state index in [9.17, 15) is 14.6 Å². The van der Waals surface area contributed by atoms with Gasteiger partial charge in [0.25, 0.3) is 0 Å². The first-order valence-corrected chi connectivity index (χ1v) is 10.8. The summed E-state index contributed by atoms with van der Waals surface area (Å²) in [7, 11) is -3.24. The smallest absolute Gasteiger partial charge is 0.203 e. The van der Waals surface area contributed by atoms with Crippen molar-refractivity contribution < 1.29 is 14.6 Å². The standard InChI is InChI=1S/C17H27ClNO3P/c18-16-8-6-14(7-9-16)10-19-11-17(20)13-23(21,22)12-15-4-2-1-3-5-15/h6-9,15,17,19-20H,1-5,10-13H2,(H,21,22)/t17-/m1/s1. The van der Waals surface area contributed by atoms with Crippen molar-refractivity contribution in [3.63, 3.8) is 0 Å². The third kappa shape index (κ3) is 7.36. The molecule has 2 rings (SSSR count). The SMILES string of the molecule is O=P(O)(CC1CCCCC1)C[C@H](O)CNCc1ccc(Cl)cc1. The summed E-state index contributed by atoms with van der Waals surface area (Å²) in [6, 6.07) is 7.48. The summed E-state index contributed by atoms with van der Waals surface area (Å²) in [6.07, 6.45) is 5.22. The average Bonchev–Trinajstić information content (AvgIpc) is 2.49. The van der Waals surface area contributed by atoms with E-state index in [0.29, 0.717) is 30.2 Å². The Morgan fingerprint density at radius 3 is 2.52 bits per heavy atom. The molecule has 1 aromatic rings. The van der Waals surface area contributed by atoms with Crippen molar-refractivity contribution >= 4 is 19.0 Å². The fraction of sp³-hybridized carbons (Fsp3) is 0.647. The van der Waals surface area contributed by atoms with Crippen LogP contribution in [0, 0.1) is 5.92 Å². The van der Waals surface area contributed by atoms with Gasteiger partial charge in [0.1, 0.15) is 0 Å². The van der Waals surface area contributed by atoms with Gasteiger partial charge in [0.2, 0.25) is 7.37 Å². The van der Waals surface area contributed by atoms with E-state index in [1.165, 1.54) is 6.42 Å². The van der Waals surface area contributed by atoms with E-state index in [2.05, 4.69) is 5.32 Å². The second-order valence-corrected chi connectivity index (χ2v) is 9.49.